The third-order valence-electron chi connectivity index (χ3n) is 7.01. The summed E-state index contributed by atoms with van der Waals surface area (Å²) in [4.78, 5) is 27.9. The van der Waals surface area contributed by atoms with Crippen LogP contribution in [0.5, 0.6) is 0 Å². The van der Waals surface area contributed by atoms with Crippen LogP contribution in [-0.2, 0) is 11.3 Å². The second-order valence-electron chi connectivity index (χ2n) is 9.39. The van der Waals surface area contributed by atoms with E-state index in [1.54, 1.807) is 23.4 Å². The van der Waals surface area contributed by atoms with Crippen LogP contribution in [0.4, 0.5) is 10.6 Å². The summed E-state index contributed by atoms with van der Waals surface area (Å²) in [5, 5.41) is 16.2. The Hall–Kier alpha value is -3.51. The van der Waals surface area contributed by atoms with Crippen LogP contribution in [0.15, 0.2) is 36.9 Å². The van der Waals surface area contributed by atoms with Gasteiger partial charge in [0.05, 0.1) is 53.6 Å². The minimum absolute atomic E-state index is 0.328. The summed E-state index contributed by atoms with van der Waals surface area (Å²) in [5.74, 6) is 1.47. The van der Waals surface area contributed by atoms with Crippen molar-refractivity contribution >= 4 is 22.9 Å². The zero-order chi connectivity index (χ0) is 23.7. The molecule has 6 rings (SSSR count). The number of nitriles is 1. The van der Waals surface area contributed by atoms with Crippen LogP contribution < -0.4 is 4.90 Å². The molecule has 0 bridgehead atoms. The summed E-state index contributed by atoms with van der Waals surface area (Å²) < 4.78 is 8.09. The number of hydrogen-bond donors (Lipinski definition) is 1. The summed E-state index contributed by atoms with van der Waals surface area (Å²) in [6, 6.07) is 7.77. The maximum Gasteiger partial charge on any atom is 0.416 e. The number of carbonyl (C=O) groups excluding carboxylic acids is 1. The SMILES string of the molecule is CO.N#Cc1ccc2ncn(CC3CCC[C@]4(C3)CN(c3cnc(C5CC5)cn3)C(=O)O4)c2c1. The van der Waals surface area contributed by atoms with E-state index in [1.165, 1.54) is 12.8 Å². The summed E-state index contributed by atoms with van der Waals surface area (Å²) >= 11 is 0. The monoisotopic (exact) mass is 460 g/mol. The molecule has 3 aromatic rings. The largest absolute Gasteiger partial charge is 0.441 e. The fourth-order valence-electron chi connectivity index (χ4n) is 5.25. The fraction of sp³-hybridized carbons (Fsp3) is 0.480. The molecule has 1 N–H and O–H groups in total. The Kier molecular flexibility index (Phi) is 5.92. The molecule has 2 aromatic heterocycles. The highest BCUT2D eigenvalue weighted by Crippen LogP contribution is 2.42. The summed E-state index contributed by atoms with van der Waals surface area (Å²) in [5.41, 5.74) is 3.03. The molecule has 1 unspecified atom stereocenters. The molecule has 0 radical (unpaired) electrons. The normalized spacial score (nSPS) is 24.0. The maximum atomic E-state index is 12.7. The number of benzene rings is 1. The molecule has 2 atom stereocenters. The molecular formula is C25H28N6O3. The molecule has 3 heterocycles. The highest BCUT2D eigenvalue weighted by Gasteiger charge is 2.49. The van der Waals surface area contributed by atoms with Gasteiger partial charge in [0.2, 0.25) is 0 Å². The lowest BCUT2D eigenvalue weighted by molar-refractivity contribution is 0.00439. The van der Waals surface area contributed by atoms with Crippen molar-refractivity contribution in [2.45, 2.75) is 56.6 Å². The van der Waals surface area contributed by atoms with E-state index in [-0.39, 0.29) is 6.09 Å². The molecule has 9 nitrogen and oxygen atoms in total. The molecule has 1 spiro atoms. The molecule has 1 aliphatic heterocycles. The van der Waals surface area contributed by atoms with Crippen LogP contribution in [-0.4, -0.2) is 50.0 Å². The van der Waals surface area contributed by atoms with Crippen molar-refractivity contribution in [3.8, 4) is 6.07 Å². The molecule has 3 aliphatic rings. The number of aromatic nitrogens is 4. The van der Waals surface area contributed by atoms with E-state index < -0.39 is 5.60 Å². The third kappa shape index (κ3) is 4.21. The van der Waals surface area contributed by atoms with E-state index in [0.717, 1.165) is 56.1 Å². The minimum atomic E-state index is -0.481. The number of anilines is 1. The van der Waals surface area contributed by atoms with Gasteiger partial charge in [0.25, 0.3) is 0 Å². The molecule has 1 amide bonds. The number of aliphatic hydroxyl groups is 1. The number of ether oxygens (including phenoxy) is 1. The Morgan fingerprint density at radius 2 is 2.06 bits per heavy atom. The quantitative estimate of drug-likeness (QED) is 0.630. The van der Waals surface area contributed by atoms with Gasteiger partial charge >= 0.3 is 6.09 Å². The number of nitrogens with zero attached hydrogens (tertiary/aromatic N) is 6. The Bertz CT molecular complexity index is 1230. The smallest absolute Gasteiger partial charge is 0.416 e. The van der Waals surface area contributed by atoms with Gasteiger partial charge in [-0.05, 0) is 62.6 Å². The number of carbonyl (C=O) groups is 1. The molecular weight excluding hydrogens is 432 g/mol. The lowest BCUT2D eigenvalue weighted by Crippen LogP contribution is -2.40. The highest BCUT2D eigenvalue weighted by atomic mass is 16.6. The standard InChI is InChI=1S/C24H24N6O2.CH4O/c25-10-16-3-6-19-21(8-16)29(15-28-19)13-17-2-1-7-24(9-17)14-30(23(31)32-24)22-12-26-20(11-27-22)18-4-5-18;1-2/h3,6,8,11-12,15,17-18H,1-2,4-5,7,9,13-14H2;2H,1H3/t17?,24-;/m0./s1. The zero-order valence-electron chi connectivity index (χ0n) is 19.2. The van der Waals surface area contributed by atoms with Crippen LogP contribution in [0.2, 0.25) is 0 Å². The first kappa shape index (κ1) is 22.3. The van der Waals surface area contributed by atoms with E-state index in [9.17, 15) is 10.1 Å². The summed E-state index contributed by atoms with van der Waals surface area (Å²) in [7, 11) is 1.00. The second kappa shape index (κ2) is 9.03. The first-order valence-corrected chi connectivity index (χ1v) is 11.7. The van der Waals surface area contributed by atoms with Crippen molar-refractivity contribution in [1.29, 1.82) is 5.26 Å². The van der Waals surface area contributed by atoms with Gasteiger partial charge in [-0.25, -0.2) is 14.8 Å². The Balaban J connectivity index is 0.00000117. The van der Waals surface area contributed by atoms with Crippen molar-refractivity contribution in [3.63, 3.8) is 0 Å². The van der Waals surface area contributed by atoms with Crippen molar-refractivity contribution in [2.75, 3.05) is 18.6 Å². The second-order valence-corrected chi connectivity index (χ2v) is 9.39. The minimum Gasteiger partial charge on any atom is -0.441 e. The molecule has 9 heteroatoms. The number of rotatable bonds is 4. The average Bonchev–Trinajstić information content (AvgIpc) is 3.58. The van der Waals surface area contributed by atoms with Crippen molar-refractivity contribution in [1.82, 2.24) is 19.5 Å². The van der Waals surface area contributed by atoms with E-state index in [4.69, 9.17) is 9.84 Å². The first-order valence-electron chi connectivity index (χ1n) is 11.7. The number of hydrogen-bond acceptors (Lipinski definition) is 7. The topological polar surface area (TPSA) is 117 Å². The Morgan fingerprint density at radius 3 is 2.79 bits per heavy atom. The predicted molar refractivity (Wildman–Crippen MR) is 125 cm³/mol. The van der Waals surface area contributed by atoms with Crippen LogP contribution in [0.3, 0.4) is 0 Å². The lowest BCUT2D eigenvalue weighted by Gasteiger charge is -2.36. The number of fused-ring (bicyclic) bond motifs is 1. The van der Waals surface area contributed by atoms with E-state index in [1.807, 2.05) is 18.5 Å². The van der Waals surface area contributed by atoms with Crippen LogP contribution in [0.25, 0.3) is 11.0 Å². The molecule has 34 heavy (non-hydrogen) atoms. The van der Waals surface area contributed by atoms with Gasteiger partial charge in [-0.2, -0.15) is 5.26 Å². The van der Waals surface area contributed by atoms with Crippen molar-refractivity contribution in [2.24, 2.45) is 5.92 Å². The van der Waals surface area contributed by atoms with Crippen LogP contribution in [0.1, 0.15) is 55.7 Å². The Labute approximate surface area is 198 Å². The van der Waals surface area contributed by atoms with Gasteiger partial charge in [0.15, 0.2) is 5.82 Å². The number of imidazole rings is 1. The average molecular weight is 461 g/mol. The molecule has 2 saturated carbocycles. The molecule has 3 fully saturated rings. The van der Waals surface area contributed by atoms with Gasteiger partial charge in [0.1, 0.15) is 5.60 Å². The van der Waals surface area contributed by atoms with E-state index in [0.29, 0.717) is 29.8 Å². The number of amides is 1. The highest BCUT2D eigenvalue weighted by molar-refractivity contribution is 5.89. The number of aliphatic hydroxyl groups excluding tert-OH is 1. The Morgan fingerprint density at radius 1 is 1.21 bits per heavy atom. The zero-order valence-corrected chi connectivity index (χ0v) is 19.2. The van der Waals surface area contributed by atoms with Gasteiger partial charge in [0, 0.05) is 19.6 Å². The fourth-order valence-corrected chi connectivity index (χ4v) is 5.25. The van der Waals surface area contributed by atoms with Crippen LogP contribution in [0, 0.1) is 17.2 Å². The van der Waals surface area contributed by atoms with Gasteiger partial charge in [-0.15, -0.1) is 0 Å². The molecule has 176 valence electrons. The van der Waals surface area contributed by atoms with E-state index in [2.05, 4.69) is 25.6 Å². The van der Waals surface area contributed by atoms with Gasteiger partial charge in [-0.3, -0.25) is 9.88 Å². The van der Waals surface area contributed by atoms with Crippen LogP contribution >= 0.6 is 0 Å². The molecule has 2 aliphatic carbocycles. The lowest BCUT2D eigenvalue weighted by atomic mass is 9.78. The summed E-state index contributed by atoms with van der Waals surface area (Å²) in [6.07, 6.45) is 11.1. The predicted octanol–water partition coefficient (Wildman–Crippen LogP) is 3.77. The summed E-state index contributed by atoms with van der Waals surface area (Å²) in [6.45, 7) is 1.31. The van der Waals surface area contributed by atoms with Gasteiger partial charge in [-0.1, -0.05) is 0 Å². The van der Waals surface area contributed by atoms with Crippen molar-refractivity contribution < 1.29 is 14.6 Å². The van der Waals surface area contributed by atoms with Gasteiger partial charge < -0.3 is 14.4 Å². The first-order chi connectivity index (χ1) is 16.6. The maximum absolute atomic E-state index is 12.7. The van der Waals surface area contributed by atoms with Crippen molar-refractivity contribution in [3.05, 3.63) is 48.2 Å². The molecule has 1 aromatic carbocycles. The molecule has 1 saturated heterocycles. The van der Waals surface area contributed by atoms with E-state index >= 15 is 0 Å². The third-order valence-corrected chi connectivity index (χ3v) is 7.01.